The number of para-hydroxylation sites is 2. The van der Waals surface area contributed by atoms with Gasteiger partial charge in [0, 0.05) is 18.8 Å². The van der Waals surface area contributed by atoms with Gasteiger partial charge in [-0.1, -0.05) is 42.1 Å². The third-order valence-electron chi connectivity index (χ3n) is 4.98. The molecule has 1 aliphatic rings. The SMILES string of the molecule is COc1ccccc1-c1nnc(SCC(=O)N2c3ccccc3C[C@H]2C)n1C. The van der Waals surface area contributed by atoms with E-state index in [1.54, 1.807) is 7.11 Å². The van der Waals surface area contributed by atoms with Crippen molar-refractivity contribution in [3.63, 3.8) is 0 Å². The standard InChI is InChI=1S/C21H22N4O2S/c1-14-12-15-8-4-6-10-17(15)25(14)19(26)13-28-21-23-22-20(24(21)2)16-9-5-7-11-18(16)27-3/h4-11,14H,12-13H2,1-3H3/t14-/m1/s1. The van der Waals surface area contributed by atoms with Crippen molar-refractivity contribution in [2.24, 2.45) is 7.05 Å². The van der Waals surface area contributed by atoms with Crippen LogP contribution in [0.25, 0.3) is 11.4 Å². The molecule has 0 radical (unpaired) electrons. The van der Waals surface area contributed by atoms with Crippen molar-refractivity contribution >= 4 is 23.4 Å². The Bertz CT molecular complexity index is 1020. The second-order valence-electron chi connectivity index (χ2n) is 6.80. The largest absolute Gasteiger partial charge is 0.496 e. The van der Waals surface area contributed by atoms with E-state index in [9.17, 15) is 4.79 Å². The van der Waals surface area contributed by atoms with Crippen LogP contribution in [0.4, 0.5) is 5.69 Å². The van der Waals surface area contributed by atoms with E-state index in [4.69, 9.17) is 4.74 Å². The fraction of sp³-hybridized carbons (Fsp3) is 0.286. The Morgan fingerprint density at radius 1 is 1.18 bits per heavy atom. The lowest BCUT2D eigenvalue weighted by Gasteiger charge is -2.22. The number of benzene rings is 2. The highest BCUT2D eigenvalue weighted by atomic mass is 32.2. The molecule has 0 bridgehead atoms. The fourth-order valence-electron chi connectivity index (χ4n) is 3.65. The summed E-state index contributed by atoms with van der Waals surface area (Å²) in [5, 5.41) is 9.29. The van der Waals surface area contributed by atoms with Crippen LogP contribution in [0.15, 0.2) is 53.7 Å². The van der Waals surface area contributed by atoms with E-state index in [0.29, 0.717) is 16.7 Å². The summed E-state index contributed by atoms with van der Waals surface area (Å²) in [6, 6.07) is 16.0. The smallest absolute Gasteiger partial charge is 0.237 e. The summed E-state index contributed by atoms with van der Waals surface area (Å²) in [6.07, 6.45) is 0.897. The summed E-state index contributed by atoms with van der Waals surface area (Å²) in [7, 11) is 3.54. The number of carbonyl (C=O) groups excluding carboxylic acids is 1. The van der Waals surface area contributed by atoms with Gasteiger partial charge in [0.15, 0.2) is 11.0 Å². The zero-order valence-corrected chi connectivity index (χ0v) is 16.9. The van der Waals surface area contributed by atoms with Gasteiger partial charge in [-0.3, -0.25) is 4.79 Å². The topological polar surface area (TPSA) is 60.3 Å². The molecule has 0 spiro atoms. The summed E-state index contributed by atoms with van der Waals surface area (Å²) >= 11 is 1.40. The third kappa shape index (κ3) is 3.26. The minimum absolute atomic E-state index is 0.0873. The van der Waals surface area contributed by atoms with Crippen molar-refractivity contribution in [1.82, 2.24) is 14.8 Å². The molecule has 2 heterocycles. The Morgan fingerprint density at radius 3 is 2.75 bits per heavy atom. The summed E-state index contributed by atoms with van der Waals surface area (Å²) < 4.78 is 7.33. The number of hydrogen-bond donors (Lipinski definition) is 0. The number of ether oxygens (including phenoxy) is 1. The normalized spacial score (nSPS) is 15.5. The predicted molar refractivity (Wildman–Crippen MR) is 111 cm³/mol. The molecule has 3 aromatic rings. The van der Waals surface area contributed by atoms with Crippen LogP contribution in [0.3, 0.4) is 0 Å². The van der Waals surface area contributed by atoms with Gasteiger partial charge in [-0.05, 0) is 37.1 Å². The molecule has 0 N–H and O–H groups in total. The first-order valence-corrected chi connectivity index (χ1v) is 10.1. The molecular formula is C21H22N4O2S. The molecule has 1 atom stereocenters. The molecule has 1 aliphatic heterocycles. The minimum atomic E-state index is 0.0873. The molecule has 0 saturated heterocycles. The van der Waals surface area contributed by atoms with Crippen molar-refractivity contribution in [3.8, 4) is 17.1 Å². The number of methoxy groups -OCH3 is 1. The van der Waals surface area contributed by atoms with Crippen molar-refractivity contribution in [1.29, 1.82) is 0 Å². The monoisotopic (exact) mass is 394 g/mol. The first-order chi connectivity index (χ1) is 13.6. The van der Waals surface area contributed by atoms with Gasteiger partial charge < -0.3 is 14.2 Å². The Hall–Kier alpha value is -2.80. The highest BCUT2D eigenvalue weighted by molar-refractivity contribution is 7.99. The first-order valence-electron chi connectivity index (χ1n) is 9.15. The van der Waals surface area contributed by atoms with Gasteiger partial charge >= 0.3 is 0 Å². The van der Waals surface area contributed by atoms with Gasteiger partial charge in [-0.2, -0.15) is 0 Å². The van der Waals surface area contributed by atoms with Gasteiger partial charge in [-0.25, -0.2) is 0 Å². The number of thioether (sulfide) groups is 1. The molecule has 28 heavy (non-hydrogen) atoms. The molecular weight excluding hydrogens is 372 g/mol. The fourth-order valence-corrected chi connectivity index (χ4v) is 4.42. The highest BCUT2D eigenvalue weighted by Gasteiger charge is 2.30. The number of nitrogens with zero attached hydrogens (tertiary/aromatic N) is 4. The van der Waals surface area contributed by atoms with Gasteiger partial charge in [-0.15, -0.1) is 10.2 Å². The predicted octanol–water partition coefficient (Wildman–Crippen LogP) is 3.56. The quantitative estimate of drug-likeness (QED) is 0.619. The lowest BCUT2D eigenvalue weighted by atomic mass is 10.1. The van der Waals surface area contributed by atoms with E-state index in [1.807, 2.05) is 59.0 Å². The number of hydrogen-bond acceptors (Lipinski definition) is 5. The van der Waals surface area contributed by atoms with E-state index in [2.05, 4.69) is 23.2 Å². The average Bonchev–Trinajstić information content (AvgIpc) is 3.24. The Balaban J connectivity index is 1.51. The summed E-state index contributed by atoms with van der Waals surface area (Å²) in [6.45, 7) is 2.09. The van der Waals surface area contributed by atoms with Gasteiger partial charge in [0.2, 0.25) is 5.91 Å². The van der Waals surface area contributed by atoms with Crippen LogP contribution >= 0.6 is 11.8 Å². The maximum Gasteiger partial charge on any atom is 0.237 e. The maximum absolute atomic E-state index is 12.9. The number of carbonyl (C=O) groups is 1. The van der Waals surface area contributed by atoms with Crippen molar-refractivity contribution in [3.05, 3.63) is 54.1 Å². The molecule has 2 aromatic carbocycles. The van der Waals surface area contributed by atoms with Crippen LogP contribution in [0, 0.1) is 0 Å². The van der Waals surface area contributed by atoms with Crippen LogP contribution in [0.5, 0.6) is 5.75 Å². The third-order valence-corrected chi connectivity index (χ3v) is 5.99. The highest BCUT2D eigenvalue weighted by Crippen LogP contribution is 2.33. The molecule has 0 saturated carbocycles. The molecule has 0 aliphatic carbocycles. The number of aromatic nitrogens is 3. The minimum Gasteiger partial charge on any atom is -0.496 e. The number of anilines is 1. The zero-order valence-electron chi connectivity index (χ0n) is 16.1. The van der Waals surface area contributed by atoms with Gasteiger partial charge in [0.1, 0.15) is 5.75 Å². The van der Waals surface area contributed by atoms with E-state index >= 15 is 0 Å². The van der Waals surface area contributed by atoms with Crippen molar-refractivity contribution in [2.45, 2.75) is 24.5 Å². The lowest BCUT2D eigenvalue weighted by Crippen LogP contribution is -2.37. The Labute approximate surface area is 168 Å². The number of rotatable bonds is 5. The van der Waals surface area contributed by atoms with Crippen LogP contribution in [0.2, 0.25) is 0 Å². The molecule has 144 valence electrons. The summed E-state index contributed by atoms with van der Waals surface area (Å²) in [5.41, 5.74) is 3.12. The molecule has 1 aromatic heterocycles. The first kappa shape index (κ1) is 18.6. The van der Waals surface area contributed by atoms with E-state index < -0.39 is 0 Å². The molecule has 7 heteroatoms. The van der Waals surface area contributed by atoms with Crippen molar-refractivity contribution in [2.75, 3.05) is 17.8 Å². The number of fused-ring (bicyclic) bond motifs is 1. The molecule has 0 fully saturated rings. The maximum atomic E-state index is 12.9. The van der Waals surface area contributed by atoms with Crippen LogP contribution in [0.1, 0.15) is 12.5 Å². The van der Waals surface area contributed by atoms with Gasteiger partial charge in [0.05, 0.1) is 18.4 Å². The van der Waals surface area contributed by atoms with Crippen LogP contribution in [-0.2, 0) is 18.3 Å². The lowest BCUT2D eigenvalue weighted by molar-refractivity contribution is -0.116. The summed E-state index contributed by atoms with van der Waals surface area (Å²) in [4.78, 5) is 14.8. The van der Waals surface area contributed by atoms with Crippen LogP contribution in [-0.4, -0.2) is 39.6 Å². The van der Waals surface area contributed by atoms with E-state index in [0.717, 1.165) is 23.4 Å². The van der Waals surface area contributed by atoms with Crippen LogP contribution < -0.4 is 9.64 Å². The second kappa shape index (κ2) is 7.67. The Kier molecular flexibility index (Phi) is 5.09. The van der Waals surface area contributed by atoms with Gasteiger partial charge in [0.25, 0.3) is 0 Å². The zero-order chi connectivity index (χ0) is 19.7. The molecule has 1 amide bonds. The second-order valence-corrected chi connectivity index (χ2v) is 7.74. The molecule has 6 nitrogen and oxygen atoms in total. The summed E-state index contributed by atoms with van der Waals surface area (Å²) in [5.74, 6) is 1.86. The van der Waals surface area contributed by atoms with E-state index in [1.165, 1.54) is 17.3 Å². The Morgan fingerprint density at radius 2 is 1.93 bits per heavy atom. The molecule has 0 unspecified atom stereocenters. The number of amides is 1. The average molecular weight is 395 g/mol. The van der Waals surface area contributed by atoms with Crippen molar-refractivity contribution < 1.29 is 9.53 Å². The molecule has 4 rings (SSSR count). The van der Waals surface area contributed by atoms with E-state index in [-0.39, 0.29) is 11.9 Å².